The van der Waals surface area contributed by atoms with Crippen LogP contribution in [0, 0.1) is 0 Å². The highest BCUT2D eigenvalue weighted by Crippen LogP contribution is 2.23. The van der Waals surface area contributed by atoms with E-state index in [4.69, 9.17) is 5.73 Å². The van der Waals surface area contributed by atoms with E-state index >= 15 is 0 Å². The van der Waals surface area contributed by atoms with Crippen LogP contribution >= 0.6 is 23.1 Å². The molecule has 0 saturated heterocycles. The number of nitrogens with two attached hydrogens (primary N) is 1. The number of nitrogens with one attached hydrogen (secondary N) is 1. The van der Waals surface area contributed by atoms with Gasteiger partial charge >= 0.3 is 0 Å². The number of aromatic amines is 1. The lowest BCUT2D eigenvalue weighted by Gasteiger charge is -2.02. The van der Waals surface area contributed by atoms with Gasteiger partial charge in [0, 0.05) is 12.4 Å². The van der Waals surface area contributed by atoms with Crippen molar-refractivity contribution >= 4 is 39.1 Å². The fourth-order valence-corrected chi connectivity index (χ4v) is 3.05. The maximum Gasteiger partial charge on any atom is 0.268 e. The molecule has 0 aliphatic heterocycles. The Bertz CT molecular complexity index is 782. The van der Waals surface area contributed by atoms with Gasteiger partial charge in [-0.15, -0.1) is 11.3 Å². The van der Waals surface area contributed by atoms with Crippen molar-refractivity contribution in [2.75, 3.05) is 5.73 Å². The highest BCUT2D eigenvalue weighted by Gasteiger charge is 2.07. The first-order chi connectivity index (χ1) is 9.24. The first-order valence-corrected chi connectivity index (χ1v) is 7.26. The smallest absolute Gasteiger partial charge is 0.268 e. The Labute approximate surface area is 116 Å². The van der Waals surface area contributed by atoms with Crippen LogP contribution in [0.1, 0.15) is 5.82 Å². The zero-order chi connectivity index (χ0) is 13.2. The molecule has 0 amide bonds. The van der Waals surface area contributed by atoms with Gasteiger partial charge in [-0.2, -0.15) is 0 Å². The molecule has 96 valence electrons. The number of anilines is 1. The van der Waals surface area contributed by atoms with Crippen molar-refractivity contribution in [3.05, 3.63) is 40.0 Å². The molecule has 3 aromatic heterocycles. The second-order valence-electron chi connectivity index (χ2n) is 3.68. The number of nitrogen functional groups attached to an aromatic ring is 1. The molecular weight excluding hydrogens is 282 g/mol. The molecule has 0 atom stereocenters. The van der Waals surface area contributed by atoms with E-state index in [1.807, 2.05) is 11.4 Å². The van der Waals surface area contributed by atoms with E-state index in [0.717, 1.165) is 5.52 Å². The molecule has 3 rings (SSSR count). The molecule has 0 aliphatic carbocycles. The first kappa shape index (κ1) is 12.1. The number of fused-ring (bicyclic) bond motifs is 1. The topological polar surface area (TPSA) is 97.5 Å². The average Bonchev–Trinajstić information content (AvgIpc) is 2.87. The van der Waals surface area contributed by atoms with Gasteiger partial charge in [0.1, 0.15) is 15.6 Å². The molecule has 6 nitrogen and oxygen atoms in total. The van der Waals surface area contributed by atoms with Gasteiger partial charge in [0.05, 0.1) is 11.3 Å². The van der Waals surface area contributed by atoms with Crippen molar-refractivity contribution in [1.29, 1.82) is 0 Å². The summed E-state index contributed by atoms with van der Waals surface area (Å²) in [6.45, 7) is 0. The van der Waals surface area contributed by atoms with Gasteiger partial charge in [0.2, 0.25) is 0 Å². The van der Waals surface area contributed by atoms with Gasteiger partial charge in [-0.1, -0.05) is 11.8 Å². The fourth-order valence-electron chi connectivity index (χ4n) is 1.57. The summed E-state index contributed by atoms with van der Waals surface area (Å²) in [6.07, 6.45) is 3.12. The molecule has 0 saturated carbocycles. The Hall–Kier alpha value is -1.93. The Morgan fingerprint density at radius 3 is 3.05 bits per heavy atom. The Morgan fingerprint density at radius 1 is 1.37 bits per heavy atom. The van der Waals surface area contributed by atoms with Crippen molar-refractivity contribution in [2.24, 2.45) is 0 Å². The van der Waals surface area contributed by atoms with E-state index in [9.17, 15) is 4.79 Å². The third-order valence-corrected chi connectivity index (χ3v) is 4.31. The summed E-state index contributed by atoms with van der Waals surface area (Å²) < 4.78 is 0.646. The number of nitrogens with zero attached hydrogens (tertiary/aromatic N) is 3. The van der Waals surface area contributed by atoms with Crippen LogP contribution in [-0.4, -0.2) is 19.9 Å². The van der Waals surface area contributed by atoms with Gasteiger partial charge in [-0.25, -0.2) is 15.0 Å². The molecule has 3 N–H and O–H groups in total. The third kappa shape index (κ3) is 2.45. The normalized spacial score (nSPS) is 10.9. The van der Waals surface area contributed by atoms with E-state index in [1.165, 1.54) is 29.3 Å². The SMILES string of the molecule is Nc1nccnc1SCc1nc2ccsc2c(=O)[nH]1. The molecule has 0 aliphatic rings. The van der Waals surface area contributed by atoms with Gasteiger partial charge < -0.3 is 10.7 Å². The van der Waals surface area contributed by atoms with Crippen LogP contribution in [-0.2, 0) is 5.75 Å². The molecule has 0 fully saturated rings. The number of hydrogen-bond donors (Lipinski definition) is 2. The quantitative estimate of drug-likeness (QED) is 0.712. The predicted octanol–water partition coefficient (Wildman–Crippen LogP) is 1.65. The third-order valence-electron chi connectivity index (χ3n) is 2.40. The molecule has 0 unspecified atom stereocenters. The van der Waals surface area contributed by atoms with Gasteiger partial charge in [-0.05, 0) is 11.4 Å². The zero-order valence-corrected chi connectivity index (χ0v) is 11.3. The lowest BCUT2D eigenvalue weighted by molar-refractivity contribution is 1.03. The maximum atomic E-state index is 11.8. The van der Waals surface area contributed by atoms with E-state index in [2.05, 4.69) is 19.9 Å². The number of rotatable bonds is 3. The number of thioether (sulfide) groups is 1. The molecule has 0 bridgehead atoms. The summed E-state index contributed by atoms with van der Waals surface area (Å²) in [4.78, 5) is 27.0. The van der Waals surface area contributed by atoms with Crippen LogP contribution in [0.3, 0.4) is 0 Å². The summed E-state index contributed by atoms with van der Waals surface area (Å²) in [5, 5.41) is 2.49. The second-order valence-corrected chi connectivity index (χ2v) is 5.56. The molecule has 0 radical (unpaired) electrons. The molecular formula is C11H9N5OS2. The molecule has 19 heavy (non-hydrogen) atoms. The maximum absolute atomic E-state index is 11.8. The lowest BCUT2D eigenvalue weighted by Crippen LogP contribution is -2.09. The van der Waals surface area contributed by atoms with Crippen LogP contribution in [0.5, 0.6) is 0 Å². The van der Waals surface area contributed by atoms with Gasteiger partial charge in [0.15, 0.2) is 5.82 Å². The van der Waals surface area contributed by atoms with Crippen LogP contribution in [0.15, 0.2) is 33.7 Å². The molecule has 3 heterocycles. The monoisotopic (exact) mass is 291 g/mol. The van der Waals surface area contributed by atoms with E-state index in [1.54, 1.807) is 6.20 Å². The number of aromatic nitrogens is 4. The minimum atomic E-state index is -0.109. The average molecular weight is 291 g/mol. The highest BCUT2D eigenvalue weighted by molar-refractivity contribution is 7.98. The van der Waals surface area contributed by atoms with Crippen LogP contribution in [0.2, 0.25) is 0 Å². The number of thiophene rings is 1. The molecule has 3 aromatic rings. The summed E-state index contributed by atoms with van der Waals surface area (Å²) >= 11 is 2.78. The standard InChI is InChI=1S/C11H9N5OS2/c12-9-11(14-3-2-13-9)19-5-7-15-6-1-4-18-8(6)10(17)16-7/h1-4H,5H2,(H2,12,13)(H,15,16,17). The summed E-state index contributed by atoms with van der Waals surface area (Å²) in [7, 11) is 0. The predicted molar refractivity (Wildman–Crippen MR) is 76.2 cm³/mol. The minimum absolute atomic E-state index is 0.109. The zero-order valence-electron chi connectivity index (χ0n) is 9.66. The van der Waals surface area contributed by atoms with Crippen LogP contribution in [0.4, 0.5) is 5.82 Å². The molecule has 8 heteroatoms. The molecule has 0 spiro atoms. The van der Waals surface area contributed by atoms with Crippen LogP contribution in [0.25, 0.3) is 10.2 Å². The van der Waals surface area contributed by atoms with E-state index in [0.29, 0.717) is 27.1 Å². The van der Waals surface area contributed by atoms with Crippen LogP contribution < -0.4 is 11.3 Å². The summed E-state index contributed by atoms with van der Waals surface area (Å²) in [5.74, 6) is 1.47. The van der Waals surface area contributed by atoms with Crippen molar-refractivity contribution in [1.82, 2.24) is 19.9 Å². The van der Waals surface area contributed by atoms with Gasteiger partial charge in [0.25, 0.3) is 5.56 Å². The second kappa shape index (κ2) is 4.98. The van der Waals surface area contributed by atoms with Gasteiger partial charge in [-0.3, -0.25) is 4.79 Å². The first-order valence-electron chi connectivity index (χ1n) is 5.40. The molecule has 0 aromatic carbocycles. The van der Waals surface area contributed by atoms with Crippen molar-refractivity contribution in [2.45, 2.75) is 10.8 Å². The fraction of sp³-hybridized carbons (Fsp3) is 0.0909. The number of H-pyrrole nitrogens is 1. The Balaban J connectivity index is 1.86. The lowest BCUT2D eigenvalue weighted by atomic mass is 10.4. The van der Waals surface area contributed by atoms with Crippen molar-refractivity contribution in [3.63, 3.8) is 0 Å². The van der Waals surface area contributed by atoms with E-state index < -0.39 is 0 Å². The number of hydrogen-bond acceptors (Lipinski definition) is 7. The minimum Gasteiger partial charge on any atom is -0.381 e. The Morgan fingerprint density at radius 2 is 2.21 bits per heavy atom. The van der Waals surface area contributed by atoms with E-state index in [-0.39, 0.29) is 5.56 Å². The summed E-state index contributed by atoms with van der Waals surface area (Å²) in [5.41, 5.74) is 6.31. The largest absolute Gasteiger partial charge is 0.381 e. The van der Waals surface area contributed by atoms with Crippen molar-refractivity contribution in [3.8, 4) is 0 Å². The Kier molecular flexibility index (Phi) is 3.18. The van der Waals surface area contributed by atoms with Crippen molar-refractivity contribution < 1.29 is 0 Å². The highest BCUT2D eigenvalue weighted by atomic mass is 32.2. The summed E-state index contributed by atoms with van der Waals surface area (Å²) in [6, 6.07) is 1.83.